The Kier molecular flexibility index (Phi) is 12.0. The summed E-state index contributed by atoms with van der Waals surface area (Å²) in [6, 6.07) is 8.38. The molecule has 0 atom stereocenters. The zero-order chi connectivity index (χ0) is 21.6. The molecule has 0 amide bonds. The summed E-state index contributed by atoms with van der Waals surface area (Å²) in [5.41, 5.74) is 3.53. The molecule has 1 aliphatic rings. The molecule has 1 heterocycles. The van der Waals surface area contributed by atoms with Gasteiger partial charge in [-0.15, -0.1) is 0 Å². The standard InChI is InChI=1S/C18H28N2O4.C3H6O2/c1-5-7-8-9-14-17(16-13-11-10-12-15(16)6-2)18-19(21-3)23-24-20(18)22-4;1-2-3(4)5/h10-13H,5-9,14H2,1-4H3;2H2,1H3,(H,4,5). The Balaban J connectivity index is 0.000000749. The third kappa shape index (κ3) is 7.66. The van der Waals surface area contributed by atoms with E-state index in [1.54, 1.807) is 6.92 Å². The van der Waals surface area contributed by atoms with Gasteiger partial charge >= 0.3 is 5.97 Å². The quantitative estimate of drug-likeness (QED) is 0.431. The van der Waals surface area contributed by atoms with Crippen molar-refractivity contribution in [3.63, 3.8) is 0 Å². The summed E-state index contributed by atoms with van der Waals surface area (Å²) in [5, 5.41) is 10.2. The first kappa shape index (κ1) is 24.9. The second-order valence-corrected chi connectivity index (χ2v) is 6.40. The minimum absolute atomic E-state index is 0.222. The lowest BCUT2D eigenvalue weighted by Crippen LogP contribution is -2.23. The largest absolute Gasteiger partial charge is 0.481 e. The summed E-state index contributed by atoms with van der Waals surface area (Å²) >= 11 is 0. The third-order valence-electron chi connectivity index (χ3n) is 4.42. The monoisotopic (exact) mass is 410 g/mol. The molecule has 164 valence electrons. The molecule has 1 fully saturated rings. The first-order valence-electron chi connectivity index (χ1n) is 10.1. The molecule has 1 saturated heterocycles. The summed E-state index contributed by atoms with van der Waals surface area (Å²) in [7, 11) is 3.06. The molecule has 1 aliphatic heterocycles. The lowest BCUT2D eigenvalue weighted by molar-refractivity contribution is -0.534. The molecule has 0 aliphatic carbocycles. The normalized spacial score (nSPS) is 13.3. The smallest absolute Gasteiger partial charge is 0.303 e. The van der Waals surface area contributed by atoms with Crippen molar-refractivity contribution >= 4 is 11.5 Å². The van der Waals surface area contributed by atoms with Gasteiger partial charge in [-0.25, -0.2) is 9.68 Å². The van der Waals surface area contributed by atoms with Crippen LogP contribution in [0, 0.1) is 0 Å². The van der Waals surface area contributed by atoms with E-state index in [4.69, 9.17) is 24.8 Å². The Hall–Kier alpha value is -2.13. The summed E-state index contributed by atoms with van der Waals surface area (Å²) in [5.74, 6) is -0.123. The van der Waals surface area contributed by atoms with Crippen molar-refractivity contribution in [2.45, 2.75) is 65.7 Å². The number of hydroxylamine groups is 4. The topological polar surface area (TPSA) is 80.7 Å². The van der Waals surface area contributed by atoms with Crippen LogP contribution in [-0.2, 0) is 30.9 Å². The fraction of sp³-hybridized carbons (Fsp3) is 0.571. The van der Waals surface area contributed by atoms with Gasteiger partial charge in [0.15, 0.2) is 0 Å². The predicted molar refractivity (Wildman–Crippen MR) is 109 cm³/mol. The van der Waals surface area contributed by atoms with E-state index in [2.05, 4.69) is 32.0 Å². The van der Waals surface area contributed by atoms with Crippen molar-refractivity contribution in [2.24, 2.45) is 0 Å². The van der Waals surface area contributed by atoms with Crippen LogP contribution in [0.5, 0.6) is 0 Å². The highest BCUT2D eigenvalue weighted by molar-refractivity contribution is 5.70. The summed E-state index contributed by atoms with van der Waals surface area (Å²) < 4.78 is 0. The maximum Gasteiger partial charge on any atom is 0.303 e. The zero-order valence-electron chi connectivity index (χ0n) is 18.1. The molecule has 0 aromatic heterocycles. The molecule has 0 saturated carbocycles. The van der Waals surface area contributed by atoms with E-state index in [0.717, 1.165) is 24.8 Å². The van der Waals surface area contributed by atoms with E-state index < -0.39 is 5.97 Å². The van der Waals surface area contributed by atoms with E-state index in [1.165, 1.54) is 55.1 Å². The molecular weight excluding hydrogens is 376 g/mol. The van der Waals surface area contributed by atoms with Crippen LogP contribution in [0.4, 0.5) is 0 Å². The fourth-order valence-corrected chi connectivity index (χ4v) is 2.87. The van der Waals surface area contributed by atoms with Crippen LogP contribution in [0.1, 0.15) is 70.4 Å². The van der Waals surface area contributed by atoms with E-state index in [0.29, 0.717) is 5.82 Å². The van der Waals surface area contributed by atoms with E-state index >= 15 is 0 Å². The molecule has 29 heavy (non-hydrogen) atoms. The van der Waals surface area contributed by atoms with Crippen LogP contribution in [0.2, 0.25) is 0 Å². The van der Waals surface area contributed by atoms with Crippen LogP contribution >= 0.6 is 0 Å². The minimum Gasteiger partial charge on any atom is -0.481 e. The Bertz CT molecular complexity index is 636. The lowest BCUT2D eigenvalue weighted by atomic mass is 9.94. The van der Waals surface area contributed by atoms with Gasteiger partial charge in [-0.3, -0.25) is 4.79 Å². The molecule has 1 aromatic carbocycles. The molecule has 8 nitrogen and oxygen atoms in total. The number of carbonyl (C=O) groups is 1. The summed E-state index contributed by atoms with van der Waals surface area (Å²) in [6.07, 6.45) is 6.76. The van der Waals surface area contributed by atoms with Gasteiger partial charge in [0.25, 0.3) is 0 Å². The minimum atomic E-state index is -0.745. The van der Waals surface area contributed by atoms with Gasteiger partial charge in [0.2, 0.25) is 5.82 Å². The van der Waals surface area contributed by atoms with Gasteiger partial charge in [-0.1, -0.05) is 84.7 Å². The fourth-order valence-electron chi connectivity index (χ4n) is 2.87. The number of nitrogens with zero attached hydrogens (tertiary/aromatic N) is 2. The van der Waals surface area contributed by atoms with E-state index in [1.807, 2.05) is 6.07 Å². The SMILES string of the molecule is CCC(=O)O.CCCCCCC(=C1N(OC)OON1OC)c1ccccc1CC. The van der Waals surface area contributed by atoms with Crippen molar-refractivity contribution < 1.29 is 29.6 Å². The average Bonchev–Trinajstić information content (AvgIpc) is 3.17. The second kappa shape index (κ2) is 13.9. The molecule has 1 N–H and O–H groups in total. The third-order valence-corrected chi connectivity index (χ3v) is 4.42. The molecule has 1 aromatic rings. The maximum atomic E-state index is 9.37. The molecule has 0 unspecified atom stereocenters. The predicted octanol–water partition coefficient (Wildman–Crippen LogP) is 4.89. The summed E-state index contributed by atoms with van der Waals surface area (Å²) in [4.78, 5) is 30.1. The van der Waals surface area contributed by atoms with Crippen LogP contribution < -0.4 is 0 Å². The Labute approximate surface area is 173 Å². The van der Waals surface area contributed by atoms with Crippen molar-refractivity contribution in [2.75, 3.05) is 14.2 Å². The van der Waals surface area contributed by atoms with Gasteiger partial charge in [-0.05, 0) is 30.4 Å². The molecule has 0 radical (unpaired) electrons. The van der Waals surface area contributed by atoms with Gasteiger partial charge < -0.3 is 5.11 Å². The highest BCUT2D eigenvalue weighted by Gasteiger charge is 2.34. The van der Waals surface area contributed by atoms with Crippen molar-refractivity contribution in [1.82, 2.24) is 10.5 Å². The summed E-state index contributed by atoms with van der Waals surface area (Å²) in [6.45, 7) is 5.97. The zero-order valence-corrected chi connectivity index (χ0v) is 18.1. The van der Waals surface area contributed by atoms with Gasteiger partial charge in [-0.2, -0.15) is 0 Å². The molecule has 8 heteroatoms. The number of rotatable bonds is 10. The van der Waals surface area contributed by atoms with Gasteiger partial charge in [0.05, 0.1) is 14.2 Å². The second-order valence-electron chi connectivity index (χ2n) is 6.40. The first-order valence-corrected chi connectivity index (χ1v) is 10.1. The highest BCUT2D eigenvalue weighted by atomic mass is 17.4. The van der Waals surface area contributed by atoms with Gasteiger partial charge in [0, 0.05) is 12.0 Å². The Morgan fingerprint density at radius 1 is 1.00 bits per heavy atom. The first-order chi connectivity index (χ1) is 14.0. The van der Waals surface area contributed by atoms with Crippen LogP contribution in [0.15, 0.2) is 30.1 Å². The van der Waals surface area contributed by atoms with Crippen LogP contribution in [0.3, 0.4) is 0 Å². The van der Waals surface area contributed by atoms with Crippen molar-refractivity contribution in [3.05, 3.63) is 41.2 Å². The number of aliphatic carboxylic acids is 1. The average molecular weight is 411 g/mol. The van der Waals surface area contributed by atoms with Crippen LogP contribution in [0.25, 0.3) is 5.57 Å². The number of carboxylic acid groups (broad SMARTS) is 1. The Morgan fingerprint density at radius 2 is 1.59 bits per heavy atom. The number of carboxylic acids is 1. The number of hydrogen-bond donors (Lipinski definition) is 1. The number of aryl methyl sites for hydroxylation is 1. The maximum absolute atomic E-state index is 9.37. The number of benzene rings is 1. The van der Waals surface area contributed by atoms with E-state index in [9.17, 15) is 4.79 Å². The number of unbranched alkanes of at least 4 members (excludes halogenated alkanes) is 3. The van der Waals surface area contributed by atoms with Crippen molar-refractivity contribution in [1.29, 1.82) is 0 Å². The van der Waals surface area contributed by atoms with Gasteiger partial charge in [0.1, 0.15) is 0 Å². The number of hydrogen-bond acceptors (Lipinski definition) is 7. The lowest BCUT2D eigenvalue weighted by Gasteiger charge is -2.20. The Morgan fingerprint density at radius 3 is 2.07 bits per heavy atom. The molecular formula is C21H34N2O6. The number of allylic oxidation sites excluding steroid dienone is 1. The highest BCUT2D eigenvalue weighted by Crippen LogP contribution is 2.34. The molecule has 0 bridgehead atoms. The molecule has 2 rings (SSSR count). The van der Waals surface area contributed by atoms with Crippen LogP contribution in [-0.4, -0.2) is 35.7 Å². The molecule has 0 spiro atoms. The van der Waals surface area contributed by atoms with E-state index in [-0.39, 0.29) is 6.42 Å². The van der Waals surface area contributed by atoms with Crippen molar-refractivity contribution in [3.8, 4) is 0 Å².